The normalized spacial score (nSPS) is 22.1. The molecule has 0 unspecified atom stereocenters. The molecule has 2 rings (SSSR count). The summed E-state index contributed by atoms with van der Waals surface area (Å²) in [5.74, 6) is 1.86. The summed E-state index contributed by atoms with van der Waals surface area (Å²) < 4.78 is 0. The molecule has 0 aromatic heterocycles. The van der Waals surface area contributed by atoms with Crippen LogP contribution in [0.3, 0.4) is 0 Å². The molecule has 1 heterocycles. The Morgan fingerprint density at radius 1 is 1.28 bits per heavy atom. The van der Waals surface area contributed by atoms with Gasteiger partial charge in [-0.3, -0.25) is 4.79 Å². The van der Waals surface area contributed by atoms with E-state index < -0.39 is 0 Å². The molecule has 1 saturated heterocycles. The lowest BCUT2D eigenvalue weighted by molar-refractivity contribution is -0.128. The number of carbonyl (C=O) groups is 1. The third-order valence-corrected chi connectivity index (χ3v) is 4.14. The first-order valence-corrected chi connectivity index (χ1v) is 7.03. The minimum Gasteiger partial charge on any atom is -0.338 e. The van der Waals surface area contributed by atoms with Crippen LogP contribution in [0, 0.1) is 29.1 Å². The molecule has 1 amide bonds. The Morgan fingerprint density at radius 3 is 2.33 bits per heavy atom. The second-order valence-electron chi connectivity index (χ2n) is 5.90. The maximum absolute atomic E-state index is 12.2. The van der Waals surface area contributed by atoms with E-state index in [1.165, 1.54) is 0 Å². The summed E-state index contributed by atoms with van der Waals surface area (Å²) >= 11 is 0. The van der Waals surface area contributed by atoms with Crippen LogP contribution >= 0.6 is 0 Å². The van der Waals surface area contributed by atoms with Crippen molar-refractivity contribution in [3.8, 4) is 6.07 Å². The van der Waals surface area contributed by atoms with Gasteiger partial charge >= 0.3 is 0 Å². The monoisotopic (exact) mass is 246 g/mol. The van der Waals surface area contributed by atoms with Gasteiger partial charge in [-0.25, -0.2) is 0 Å². The van der Waals surface area contributed by atoms with Crippen molar-refractivity contribution in [2.75, 3.05) is 13.1 Å². The number of carbonyl (C=O) groups excluding carboxylic acids is 1. The summed E-state index contributed by atoms with van der Waals surface area (Å²) in [7, 11) is 0. The van der Waals surface area contributed by atoms with Gasteiger partial charge in [-0.05, 0) is 43.4 Å². The van der Waals surface area contributed by atoms with E-state index in [9.17, 15) is 4.79 Å². The van der Waals surface area contributed by atoms with Crippen LogP contribution in [0.15, 0.2) is 11.6 Å². The fraction of sp³-hybridized carbons (Fsp3) is 0.733. The van der Waals surface area contributed by atoms with Gasteiger partial charge in [0, 0.05) is 13.1 Å². The molecular formula is C15H22N2O. The Bertz CT molecular complexity index is 380. The van der Waals surface area contributed by atoms with Crippen LogP contribution in [-0.2, 0) is 4.79 Å². The van der Waals surface area contributed by atoms with E-state index >= 15 is 0 Å². The Labute approximate surface area is 109 Å². The molecular weight excluding hydrogens is 224 g/mol. The third kappa shape index (κ3) is 3.13. The summed E-state index contributed by atoms with van der Waals surface area (Å²) in [6, 6.07) is 2.07. The first kappa shape index (κ1) is 13.1. The largest absolute Gasteiger partial charge is 0.338 e. The van der Waals surface area contributed by atoms with Crippen LogP contribution in [0.4, 0.5) is 0 Å². The first-order chi connectivity index (χ1) is 8.61. The van der Waals surface area contributed by atoms with E-state index in [1.54, 1.807) is 0 Å². The fourth-order valence-corrected chi connectivity index (χ4v) is 2.59. The van der Waals surface area contributed by atoms with Gasteiger partial charge in [0.15, 0.2) is 0 Å². The Hall–Kier alpha value is -1.30. The van der Waals surface area contributed by atoms with Crippen molar-refractivity contribution in [1.29, 1.82) is 5.26 Å². The fourth-order valence-electron chi connectivity index (χ4n) is 2.59. The smallest absolute Gasteiger partial charge is 0.264 e. The van der Waals surface area contributed by atoms with Gasteiger partial charge in [0.05, 0.1) is 0 Å². The predicted octanol–water partition coefficient (Wildman–Crippen LogP) is 2.74. The second-order valence-corrected chi connectivity index (χ2v) is 5.90. The van der Waals surface area contributed by atoms with Crippen LogP contribution in [0.1, 0.15) is 39.5 Å². The highest BCUT2D eigenvalue weighted by atomic mass is 16.2. The molecule has 98 valence electrons. The summed E-state index contributed by atoms with van der Waals surface area (Å²) in [5.41, 5.74) is 0.362. The average molecular weight is 246 g/mol. The molecule has 0 atom stereocenters. The van der Waals surface area contributed by atoms with Crippen LogP contribution in [0.25, 0.3) is 0 Å². The highest BCUT2D eigenvalue weighted by molar-refractivity contribution is 5.97. The molecule has 18 heavy (non-hydrogen) atoms. The summed E-state index contributed by atoms with van der Waals surface area (Å²) in [5, 5.41) is 9.08. The Morgan fingerprint density at radius 2 is 1.89 bits per heavy atom. The summed E-state index contributed by atoms with van der Waals surface area (Å²) in [6.07, 6.45) is 6.29. The number of piperidine rings is 1. The lowest BCUT2D eigenvalue weighted by atomic mass is 9.86. The van der Waals surface area contributed by atoms with Crippen LogP contribution in [0.5, 0.6) is 0 Å². The minimum absolute atomic E-state index is 0.0494. The topological polar surface area (TPSA) is 44.1 Å². The number of nitriles is 1. The molecule has 0 aromatic carbocycles. The zero-order chi connectivity index (χ0) is 13.1. The zero-order valence-electron chi connectivity index (χ0n) is 11.4. The zero-order valence-corrected chi connectivity index (χ0v) is 11.4. The van der Waals surface area contributed by atoms with Crippen molar-refractivity contribution in [1.82, 2.24) is 4.90 Å². The molecule has 3 heteroatoms. The standard InChI is InChI=1S/C15H22N2O/c1-11(2)13-5-7-17(8-6-13)15(18)14(10-16)9-12-3-4-12/h9,11-13H,3-8H2,1-2H3/b14-9-. The third-order valence-electron chi connectivity index (χ3n) is 4.14. The second kappa shape index (κ2) is 5.56. The van der Waals surface area contributed by atoms with E-state index in [0.717, 1.165) is 44.7 Å². The molecule has 0 radical (unpaired) electrons. The summed E-state index contributed by atoms with van der Waals surface area (Å²) in [4.78, 5) is 14.1. The highest BCUT2D eigenvalue weighted by Gasteiger charge is 2.28. The number of hydrogen-bond acceptors (Lipinski definition) is 2. The molecule has 2 fully saturated rings. The Kier molecular flexibility index (Phi) is 4.06. The maximum atomic E-state index is 12.2. The molecule has 3 nitrogen and oxygen atoms in total. The van der Waals surface area contributed by atoms with E-state index in [0.29, 0.717) is 17.4 Å². The SMILES string of the molecule is CC(C)C1CCN(C(=O)/C(C#N)=C\C2CC2)CC1. The van der Waals surface area contributed by atoms with Crippen molar-refractivity contribution < 1.29 is 4.79 Å². The lowest BCUT2D eigenvalue weighted by Crippen LogP contribution is -2.40. The van der Waals surface area contributed by atoms with Gasteiger partial charge < -0.3 is 4.90 Å². The van der Waals surface area contributed by atoms with Gasteiger partial charge in [0.1, 0.15) is 11.6 Å². The minimum atomic E-state index is -0.0494. The highest BCUT2D eigenvalue weighted by Crippen LogP contribution is 2.32. The van der Waals surface area contributed by atoms with Gasteiger partial charge in [-0.1, -0.05) is 19.9 Å². The number of rotatable bonds is 3. The lowest BCUT2D eigenvalue weighted by Gasteiger charge is -2.33. The van der Waals surface area contributed by atoms with Crippen molar-refractivity contribution in [2.45, 2.75) is 39.5 Å². The molecule has 1 aliphatic carbocycles. The Balaban J connectivity index is 1.92. The molecule has 1 aliphatic heterocycles. The van der Waals surface area contributed by atoms with E-state index in [4.69, 9.17) is 5.26 Å². The molecule has 2 aliphatic rings. The van der Waals surface area contributed by atoms with Gasteiger partial charge in [-0.2, -0.15) is 5.26 Å². The van der Waals surface area contributed by atoms with E-state index in [-0.39, 0.29) is 5.91 Å². The molecule has 1 saturated carbocycles. The molecule has 0 aromatic rings. The van der Waals surface area contributed by atoms with Crippen LogP contribution < -0.4 is 0 Å². The van der Waals surface area contributed by atoms with Crippen LogP contribution in [0.2, 0.25) is 0 Å². The number of amides is 1. The van der Waals surface area contributed by atoms with Gasteiger partial charge in [0.2, 0.25) is 0 Å². The van der Waals surface area contributed by atoms with Crippen molar-refractivity contribution in [2.24, 2.45) is 17.8 Å². The first-order valence-electron chi connectivity index (χ1n) is 7.03. The van der Waals surface area contributed by atoms with Gasteiger partial charge in [0.25, 0.3) is 5.91 Å². The summed E-state index contributed by atoms with van der Waals surface area (Å²) in [6.45, 7) is 6.11. The van der Waals surface area contributed by atoms with Crippen molar-refractivity contribution in [3.05, 3.63) is 11.6 Å². The quantitative estimate of drug-likeness (QED) is 0.567. The van der Waals surface area contributed by atoms with Gasteiger partial charge in [-0.15, -0.1) is 0 Å². The van der Waals surface area contributed by atoms with Crippen molar-refractivity contribution >= 4 is 5.91 Å². The van der Waals surface area contributed by atoms with E-state index in [2.05, 4.69) is 19.9 Å². The molecule has 0 spiro atoms. The molecule has 0 N–H and O–H groups in total. The average Bonchev–Trinajstić information content (AvgIpc) is 3.19. The number of likely N-dealkylation sites (tertiary alicyclic amines) is 1. The predicted molar refractivity (Wildman–Crippen MR) is 70.6 cm³/mol. The number of hydrogen-bond donors (Lipinski definition) is 0. The number of allylic oxidation sites excluding steroid dienone is 1. The molecule has 0 bridgehead atoms. The maximum Gasteiger partial charge on any atom is 0.264 e. The van der Waals surface area contributed by atoms with Crippen LogP contribution in [-0.4, -0.2) is 23.9 Å². The van der Waals surface area contributed by atoms with E-state index in [1.807, 2.05) is 11.0 Å². The van der Waals surface area contributed by atoms with Crippen molar-refractivity contribution in [3.63, 3.8) is 0 Å². The number of nitrogens with zero attached hydrogens (tertiary/aromatic N) is 2.